The summed E-state index contributed by atoms with van der Waals surface area (Å²) in [6.45, 7) is 4.85. The van der Waals surface area contributed by atoms with Gasteiger partial charge in [0.15, 0.2) is 0 Å². The molecule has 0 unspecified atom stereocenters. The SMILES string of the molecule is Cc1cn[nH]c1NS(=O)(=O)c1c(C)cc(F)cc1C. The lowest BCUT2D eigenvalue weighted by molar-refractivity contribution is 0.597. The summed E-state index contributed by atoms with van der Waals surface area (Å²) >= 11 is 0. The summed E-state index contributed by atoms with van der Waals surface area (Å²) in [5.74, 6) is -0.144. The van der Waals surface area contributed by atoms with Crippen molar-refractivity contribution in [2.45, 2.75) is 25.7 Å². The Morgan fingerprint density at radius 2 is 1.74 bits per heavy atom. The van der Waals surface area contributed by atoms with E-state index in [1.54, 1.807) is 20.8 Å². The van der Waals surface area contributed by atoms with Crippen molar-refractivity contribution in [3.05, 3.63) is 40.8 Å². The van der Waals surface area contributed by atoms with Crippen LogP contribution in [0.2, 0.25) is 0 Å². The number of nitrogens with zero attached hydrogens (tertiary/aromatic N) is 1. The van der Waals surface area contributed by atoms with Crippen LogP contribution in [0.3, 0.4) is 0 Å². The highest BCUT2D eigenvalue weighted by atomic mass is 32.2. The fraction of sp³-hybridized carbons (Fsp3) is 0.250. The molecule has 0 amide bonds. The summed E-state index contributed by atoms with van der Waals surface area (Å²) in [7, 11) is -3.77. The summed E-state index contributed by atoms with van der Waals surface area (Å²) in [6.07, 6.45) is 1.52. The number of aryl methyl sites for hydroxylation is 3. The van der Waals surface area contributed by atoms with Gasteiger partial charge in [0.25, 0.3) is 10.0 Å². The third-order valence-electron chi connectivity index (χ3n) is 2.76. The van der Waals surface area contributed by atoms with Crippen LogP contribution >= 0.6 is 0 Å². The van der Waals surface area contributed by atoms with Crippen molar-refractivity contribution in [3.63, 3.8) is 0 Å². The number of benzene rings is 1. The summed E-state index contributed by atoms with van der Waals surface area (Å²) < 4.78 is 40.3. The van der Waals surface area contributed by atoms with E-state index in [4.69, 9.17) is 0 Å². The molecule has 19 heavy (non-hydrogen) atoms. The van der Waals surface area contributed by atoms with Crippen LogP contribution in [0, 0.1) is 26.6 Å². The number of rotatable bonds is 3. The minimum Gasteiger partial charge on any atom is -0.263 e. The van der Waals surface area contributed by atoms with Gasteiger partial charge in [-0.05, 0) is 44.0 Å². The topological polar surface area (TPSA) is 74.8 Å². The van der Waals surface area contributed by atoms with E-state index in [1.165, 1.54) is 18.3 Å². The normalized spacial score (nSPS) is 11.6. The zero-order valence-corrected chi connectivity index (χ0v) is 11.6. The van der Waals surface area contributed by atoms with E-state index in [2.05, 4.69) is 14.9 Å². The zero-order chi connectivity index (χ0) is 14.2. The number of aromatic amines is 1. The monoisotopic (exact) mass is 283 g/mol. The van der Waals surface area contributed by atoms with Gasteiger partial charge < -0.3 is 0 Å². The van der Waals surface area contributed by atoms with Gasteiger partial charge in [-0.25, -0.2) is 12.8 Å². The van der Waals surface area contributed by atoms with E-state index >= 15 is 0 Å². The van der Waals surface area contributed by atoms with Crippen LogP contribution < -0.4 is 4.72 Å². The molecule has 0 aliphatic heterocycles. The molecular weight excluding hydrogens is 269 g/mol. The Hall–Kier alpha value is -1.89. The molecule has 0 saturated carbocycles. The lowest BCUT2D eigenvalue weighted by Gasteiger charge is -2.12. The number of hydrogen-bond donors (Lipinski definition) is 2. The van der Waals surface area contributed by atoms with E-state index in [0.29, 0.717) is 22.5 Å². The highest BCUT2D eigenvalue weighted by molar-refractivity contribution is 7.92. The molecule has 0 saturated heterocycles. The second-order valence-electron chi connectivity index (χ2n) is 4.40. The van der Waals surface area contributed by atoms with Gasteiger partial charge in [-0.1, -0.05) is 0 Å². The average molecular weight is 283 g/mol. The Kier molecular flexibility index (Phi) is 3.32. The van der Waals surface area contributed by atoms with Crippen LogP contribution in [0.4, 0.5) is 10.2 Å². The summed E-state index contributed by atoms with van der Waals surface area (Å²) in [5.41, 5.74) is 1.41. The number of halogens is 1. The van der Waals surface area contributed by atoms with E-state index in [0.717, 1.165) is 0 Å². The summed E-state index contributed by atoms with van der Waals surface area (Å²) in [6, 6.07) is 2.39. The Morgan fingerprint density at radius 1 is 1.16 bits per heavy atom. The smallest absolute Gasteiger partial charge is 0.263 e. The number of aromatic nitrogens is 2. The first kappa shape index (κ1) is 13.5. The van der Waals surface area contributed by atoms with Crippen molar-refractivity contribution in [3.8, 4) is 0 Å². The first-order valence-corrected chi connectivity index (χ1v) is 7.09. The van der Waals surface area contributed by atoms with Crippen LogP contribution in [0.15, 0.2) is 23.2 Å². The predicted molar refractivity (Wildman–Crippen MR) is 70.0 cm³/mol. The fourth-order valence-corrected chi connectivity index (χ4v) is 3.50. The first-order chi connectivity index (χ1) is 8.81. The van der Waals surface area contributed by atoms with E-state index in [1.807, 2.05) is 0 Å². The molecule has 0 aliphatic rings. The minimum atomic E-state index is -3.77. The van der Waals surface area contributed by atoms with Crippen molar-refractivity contribution in [1.82, 2.24) is 10.2 Å². The minimum absolute atomic E-state index is 0.0860. The molecule has 2 rings (SSSR count). The lowest BCUT2D eigenvalue weighted by atomic mass is 10.1. The molecule has 0 aliphatic carbocycles. The zero-order valence-electron chi connectivity index (χ0n) is 10.8. The highest BCUT2D eigenvalue weighted by Crippen LogP contribution is 2.24. The molecular formula is C12H14FN3O2S. The largest absolute Gasteiger partial charge is 0.263 e. The van der Waals surface area contributed by atoms with Crippen molar-refractivity contribution in [2.24, 2.45) is 0 Å². The number of anilines is 1. The molecule has 1 aromatic carbocycles. The maximum Gasteiger partial charge on any atom is 0.263 e. The Balaban J connectivity index is 2.49. The second-order valence-corrected chi connectivity index (χ2v) is 6.02. The molecule has 0 fully saturated rings. The van der Waals surface area contributed by atoms with Crippen molar-refractivity contribution in [2.75, 3.05) is 4.72 Å². The quantitative estimate of drug-likeness (QED) is 0.907. The molecule has 1 heterocycles. The van der Waals surface area contributed by atoms with Crippen LogP contribution in [0.25, 0.3) is 0 Å². The van der Waals surface area contributed by atoms with Gasteiger partial charge in [-0.2, -0.15) is 5.10 Å². The maximum atomic E-state index is 13.2. The highest BCUT2D eigenvalue weighted by Gasteiger charge is 2.21. The molecule has 0 spiro atoms. The van der Waals surface area contributed by atoms with Crippen LogP contribution in [-0.4, -0.2) is 18.6 Å². The third kappa shape index (κ3) is 2.60. The maximum absolute atomic E-state index is 13.2. The van der Waals surface area contributed by atoms with Crippen LogP contribution in [0.5, 0.6) is 0 Å². The first-order valence-electron chi connectivity index (χ1n) is 5.61. The van der Waals surface area contributed by atoms with Gasteiger partial charge in [-0.3, -0.25) is 9.82 Å². The van der Waals surface area contributed by atoms with Gasteiger partial charge in [0.05, 0.1) is 11.1 Å². The summed E-state index contributed by atoms with van der Waals surface area (Å²) in [4.78, 5) is 0.0860. The molecule has 2 aromatic rings. The van der Waals surface area contributed by atoms with E-state index in [-0.39, 0.29) is 4.90 Å². The Labute approximate surface area is 110 Å². The molecule has 0 bridgehead atoms. The molecule has 1 aromatic heterocycles. The van der Waals surface area contributed by atoms with Gasteiger partial charge >= 0.3 is 0 Å². The third-order valence-corrected chi connectivity index (χ3v) is 4.41. The fourth-order valence-electron chi connectivity index (χ4n) is 1.96. The average Bonchev–Trinajstić information content (AvgIpc) is 2.61. The van der Waals surface area contributed by atoms with Crippen molar-refractivity contribution in [1.29, 1.82) is 0 Å². The molecule has 7 heteroatoms. The van der Waals surface area contributed by atoms with Gasteiger partial charge in [0.1, 0.15) is 11.6 Å². The van der Waals surface area contributed by atoms with Crippen LogP contribution in [-0.2, 0) is 10.0 Å². The molecule has 0 atom stereocenters. The standard InChI is InChI=1S/C12H14FN3O2S/c1-7-4-10(13)5-8(2)11(7)19(17,18)16-12-9(3)6-14-15-12/h4-6H,1-3H3,(H2,14,15,16). The predicted octanol–water partition coefficient (Wildman–Crippen LogP) is 2.27. The molecule has 0 radical (unpaired) electrons. The second kappa shape index (κ2) is 4.65. The van der Waals surface area contributed by atoms with Crippen molar-refractivity contribution >= 4 is 15.8 Å². The lowest BCUT2D eigenvalue weighted by Crippen LogP contribution is -2.16. The Morgan fingerprint density at radius 3 is 2.21 bits per heavy atom. The van der Waals surface area contributed by atoms with Gasteiger partial charge in [0, 0.05) is 5.56 Å². The molecule has 5 nitrogen and oxygen atoms in total. The number of H-pyrrole nitrogens is 1. The summed E-state index contributed by atoms with van der Waals surface area (Å²) in [5, 5.41) is 6.31. The van der Waals surface area contributed by atoms with Gasteiger partial charge in [0.2, 0.25) is 0 Å². The Bertz CT molecular complexity index is 699. The molecule has 2 N–H and O–H groups in total. The number of hydrogen-bond acceptors (Lipinski definition) is 3. The number of sulfonamides is 1. The van der Waals surface area contributed by atoms with E-state index < -0.39 is 15.8 Å². The van der Waals surface area contributed by atoms with Crippen molar-refractivity contribution < 1.29 is 12.8 Å². The number of nitrogens with one attached hydrogen (secondary N) is 2. The van der Waals surface area contributed by atoms with Crippen LogP contribution in [0.1, 0.15) is 16.7 Å². The van der Waals surface area contributed by atoms with E-state index in [9.17, 15) is 12.8 Å². The van der Waals surface area contributed by atoms with Gasteiger partial charge in [-0.15, -0.1) is 0 Å². The molecule has 102 valence electrons.